The number of esters is 1. The molecule has 7 heteroatoms. The molecule has 0 saturated carbocycles. The highest BCUT2D eigenvalue weighted by Gasteiger charge is 2.11. The molecule has 3 aromatic rings. The maximum absolute atomic E-state index is 11.2. The topological polar surface area (TPSA) is 90.4 Å². The smallest absolute Gasteiger partial charge is 0.308 e. The fourth-order valence-corrected chi connectivity index (χ4v) is 2.59. The maximum atomic E-state index is 11.2. The van der Waals surface area contributed by atoms with Gasteiger partial charge >= 0.3 is 5.97 Å². The van der Waals surface area contributed by atoms with Crippen LogP contribution >= 0.6 is 0 Å². The highest BCUT2D eigenvalue weighted by atomic mass is 16.5. The number of aromatic nitrogens is 2. The number of hydrogen-bond acceptors (Lipinski definition) is 7. The van der Waals surface area contributed by atoms with E-state index in [1.807, 2.05) is 26.0 Å². The molecule has 0 spiro atoms. The van der Waals surface area contributed by atoms with Crippen molar-refractivity contribution in [2.75, 3.05) is 0 Å². The highest BCUT2D eigenvalue weighted by molar-refractivity contribution is 5.70. The third-order valence-corrected chi connectivity index (χ3v) is 3.58. The molecule has 1 aromatic carbocycles. The summed E-state index contributed by atoms with van der Waals surface area (Å²) in [7, 11) is 0. The molecule has 0 bridgehead atoms. The van der Waals surface area contributed by atoms with Gasteiger partial charge in [0, 0.05) is 13.5 Å². The van der Waals surface area contributed by atoms with Crippen LogP contribution in [0.25, 0.3) is 11.7 Å². The Balaban J connectivity index is 1.60. The Labute approximate surface area is 145 Å². The Bertz CT molecular complexity index is 845. The van der Waals surface area contributed by atoms with Crippen molar-refractivity contribution in [2.24, 2.45) is 0 Å². The largest absolute Gasteiger partial charge is 0.459 e. The Kier molecular flexibility index (Phi) is 4.95. The van der Waals surface area contributed by atoms with E-state index in [0.717, 1.165) is 16.7 Å². The van der Waals surface area contributed by atoms with E-state index in [0.29, 0.717) is 36.3 Å². The standard InChI is InChI=1S/C18H19N3O4/c1-11-7-14(8-12(2)17(11)24-13(3)22)9-19-10-16-20-18(25-21-16)15-5-4-6-23-15/h4-8,19H,9-10H2,1-3H3. The Morgan fingerprint density at radius 1 is 1.24 bits per heavy atom. The van der Waals surface area contributed by atoms with Gasteiger partial charge in [-0.3, -0.25) is 4.79 Å². The molecule has 0 amide bonds. The molecule has 3 rings (SSSR count). The minimum Gasteiger partial charge on any atom is -0.459 e. The number of nitrogens with one attached hydrogen (secondary N) is 1. The van der Waals surface area contributed by atoms with E-state index in [4.69, 9.17) is 13.7 Å². The van der Waals surface area contributed by atoms with Crippen molar-refractivity contribution in [1.29, 1.82) is 0 Å². The predicted octanol–water partition coefficient (Wildman–Crippen LogP) is 3.16. The van der Waals surface area contributed by atoms with Crippen LogP contribution in [-0.4, -0.2) is 16.1 Å². The van der Waals surface area contributed by atoms with Gasteiger partial charge in [-0.15, -0.1) is 0 Å². The summed E-state index contributed by atoms with van der Waals surface area (Å²) in [5, 5.41) is 7.19. The first kappa shape index (κ1) is 16.9. The fraction of sp³-hybridized carbons (Fsp3) is 0.278. The summed E-state index contributed by atoms with van der Waals surface area (Å²) in [5.74, 6) is 1.76. The number of ether oxygens (including phenoxy) is 1. The lowest BCUT2D eigenvalue weighted by Gasteiger charge is -2.12. The van der Waals surface area contributed by atoms with Crippen LogP contribution in [0.15, 0.2) is 39.5 Å². The molecule has 25 heavy (non-hydrogen) atoms. The number of rotatable bonds is 6. The molecular weight excluding hydrogens is 322 g/mol. The number of carbonyl (C=O) groups excluding carboxylic acids is 1. The molecular formula is C18H19N3O4. The number of benzene rings is 1. The van der Waals surface area contributed by atoms with Crippen LogP contribution < -0.4 is 10.1 Å². The van der Waals surface area contributed by atoms with Gasteiger partial charge in [0.2, 0.25) is 0 Å². The van der Waals surface area contributed by atoms with Gasteiger partial charge in [0.15, 0.2) is 11.6 Å². The number of aryl methyl sites for hydroxylation is 2. The highest BCUT2D eigenvalue weighted by Crippen LogP contribution is 2.25. The maximum Gasteiger partial charge on any atom is 0.308 e. The molecule has 7 nitrogen and oxygen atoms in total. The zero-order chi connectivity index (χ0) is 17.8. The zero-order valence-corrected chi connectivity index (χ0v) is 14.3. The van der Waals surface area contributed by atoms with Crippen molar-refractivity contribution in [1.82, 2.24) is 15.5 Å². The summed E-state index contributed by atoms with van der Waals surface area (Å²) in [6, 6.07) is 7.51. The molecule has 0 saturated heterocycles. The number of carbonyl (C=O) groups is 1. The predicted molar refractivity (Wildman–Crippen MR) is 89.8 cm³/mol. The molecule has 2 aromatic heterocycles. The van der Waals surface area contributed by atoms with Crippen molar-refractivity contribution in [3.63, 3.8) is 0 Å². The van der Waals surface area contributed by atoms with Crippen LogP contribution in [0.4, 0.5) is 0 Å². The fourth-order valence-electron chi connectivity index (χ4n) is 2.59. The molecule has 0 radical (unpaired) electrons. The molecule has 1 N–H and O–H groups in total. The molecule has 0 fully saturated rings. The van der Waals surface area contributed by atoms with Gasteiger partial charge in [0.05, 0.1) is 12.8 Å². The van der Waals surface area contributed by atoms with Crippen LogP contribution in [0.1, 0.15) is 29.4 Å². The minimum absolute atomic E-state index is 0.318. The molecule has 0 unspecified atom stereocenters. The van der Waals surface area contributed by atoms with E-state index in [-0.39, 0.29) is 5.97 Å². The monoisotopic (exact) mass is 341 g/mol. The van der Waals surface area contributed by atoms with Crippen LogP contribution in [0.5, 0.6) is 5.75 Å². The SMILES string of the molecule is CC(=O)Oc1c(C)cc(CNCc2noc(-c3ccco3)n2)cc1C. The lowest BCUT2D eigenvalue weighted by molar-refractivity contribution is -0.131. The molecule has 0 aliphatic heterocycles. The van der Waals surface area contributed by atoms with E-state index in [1.165, 1.54) is 6.92 Å². The molecule has 0 aliphatic carbocycles. The number of hydrogen-bond donors (Lipinski definition) is 1. The number of furan rings is 1. The average molecular weight is 341 g/mol. The third-order valence-electron chi connectivity index (χ3n) is 3.58. The summed E-state index contributed by atoms with van der Waals surface area (Å²) in [6.07, 6.45) is 1.56. The second kappa shape index (κ2) is 7.31. The van der Waals surface area contributed by atoms with Crippen molar-refractivity contribution in [2.45, 2.75) is 33.9 Å². The van der Waals surface area contributed by atoms with Crippen LogP contribution in [0, 0.1) is 13.8 Å². The zero-order valence-electron chi connectivity index (χ0n) is 14.3. The summed E-state index contributed by atoms with van der Waals surface area (Å²) in [4.78, 5) is 15.4. The normalized spacial score (nSPS) is 10.8. The van der Waals surface area contributed by atoms with Gasteiger partial charge < -0.3 is 19.0 Å². The van der Waals surface area contributed by atoms with E-state index in [9.17, 15) is 4.79 Å². The molecule has 2 heterocycles. The average Bonchev–Trinajstić information content (AvgIpc) is 3.22. The number of nitrogens with zero attached hydrogens (tertiary/aromatic N) is 2. The van der Waals surface area contributed by atoms with Gasteiger partial charge in [-0.25, -0.2) is 0 Å². The first-order valence-electron chi connectivity index (χ1n) is 7.88. The molecule has 0 atom stereocenters. The van der Waals surface area contributed by atoms with E-state index < -0.39 is 0 Å². The van der Waals surface area contributed by atoms with Gasteiger partial charge in [-0.2, -0.15) is 4.98 Å². The second-order valence-electron chi connectivity index (χ2n) is 5.75. The molecule has 0 aliphatic rings. The van der Waals surface area contributed by atoms with Crippen molar-refractivity contribution in [3.05, 3.63) is 53.0 Å². The summed E-state index contributed by atoms with van der Waals surface area (Å²) >= 11 is 0. The molecule has 130 valence electrons. The van der Waals surface area contributed by atoms with Crippen molar-refractivity contribution >= 4 is 5.97 Å². The Morgan fingerprint density at radius 3 is 2.64 bits per heavy atom. The Morgan fingerprint density at radius 2 is 2.00 bits per heavy atom. The Hall–Kier alpha value is -2.93. The lowest BCUT2D eigenvalue weighted by Crippen LogP contribution is -2.14. The van der Waals surface area contributed by atoms with Crippen LogP contribution in [0.2, 0.25) is 0 Å². The first-order valence-corrected chi connectivity index (χ1v) is 7.88. The quantitative estimate of drug-likeness (QED) is 0.544. The van der Waals surface area contributed by atoms with E-state index in [2.05, 4.69) is 15.5 Å². The summed E-state index contributed by atoms with van der Waals surface area (Å²) < 4.78 is 15.6. The summed E-state index contributed by atoms with van der Waals surface area (Å²) in [5.41, 5.74) is 2.93. The van der Waals surface area contributed by atoms with Gasteiger partial charge in [-0.1, -0.05) is 17.3 Å². The van der Waals surface area contributed by atoms with Crippen molar-refractivity contribution < 1.29 is 18.5 Å². The van der Waals surface area contributed by atoms with E-state index >= 15 is 0 Å². The minimum atomic E-state index is -0.318. The summed E-state index contributed by atoms with van der Waals surface area (Å²) in [6.45, 7) is 6.34. The lowest BCUT2D eigenvalue weighted by atomic mass is 10.1. The van der Waals surface area contributed by atoms with Crippen LogP contribution in [-0.2, 0) is 17.9 Å². The second-order valence-corrected chi connectivity index (χ2v) is 5.75. The van der Waals surface area contributed by atoms with Crippen LogP contribution in [0.3, 0.4) is 0 Å². The first-order chi connectivity index (χ1) is 12.0. The van der Waals surface area contributed by atoms with Gasteiger partial charge in [0.25, 0.3) is 5.89 Å². The third kappa shape index (κ3) is 4.13. The van der Waals surface area contributed by atoms with Crippen molar-refractivity contribution in [3.8, 4) is 17.4 Å². The van der Waals surface area contributed by atoms with Gasteiger partial charge in [-0.05, 0) is 42.7 Å². The van der Waals surface area contributed by atoms with Gasteiger partial charge in [0.1, 0.15) is 5.75 Å². The van der Waals surface area contributed by atoms with E-state index in [1.54, 1.807) is 18.4 Å².